The highest BCUT2D eigenvalue weighted by Gasteiger charge is 2.10. The molecule has 0 aliphatic heterocycles. The Balaban J connectivity index is 2.09. The highest BCUT2D eigenvalue weighted by atomic mass is 35.5. The second-order valence-corrected chi connectivity index (χ2v) is 5.67. The normalized spacial score (nSPS) is 10.8. The van der Waals surface area contributed by atoms with Crippen LogP contribution in [0.25, 0.3) is 10.2 Å². The lowest BCUT2D eigenvalue weighted by atomic mass is 10.3. The molecule has 102 valence electrons. The van der Waals surface area contributed by atoms with E-state index in [2.05, 4.69) is 20.7 Å². The Morgan fingerprint density at radius 3 is 2.80 bits per heavy atom. The van der Waals surface area contributed by atoms with Crippen LogP contribution in [0, 0.1) is 0 Å². The van der Waals surface area contributed by atoms with Crippen molar-refractivity contribution < 1.29 is 0 Å². The maximum absolute atomic E-state index is 6.14. The molecule has 0 radical (unpaired) electrons. The topological polar surface area (TPSA) is 75.9 Å². The molecule has 0 bridgehead atoms. The minimum absolute atomic E-state index is 0.334. The van der Waals surface area contributed by atoms with Crippen molar-refractivity contribution in [3.05, 3.63) is 39.7 Å². The van der Waals surface area contributed by atoms with Gasteiger partial charge in [-0.15, -0.1) is 11.3 Å². The summed E-state index contributed by atoms with van der Waals surface area (Å²) in [6, 6.07) is 7.11. The Labute approximate surface area is 128 Å². The predicted molar refractivity (Wildman–Crippen MR) is 85.0 cm³/mol. The van der Waals surface area contributed by atoms with Crippen molar-refractivity contribution >= 4 is 62.2 Å². The predicted octanol–water partition coefficient (Wildman–Crippen LogP) is 4.03. The zero-order chi connectivity index (χ0) is 14.1. The van der Waals surface area contributed by atoms with E-state index in [-0.39, 0.29) is 0 Å². The fraction of sp³-hybridized carbons (Fsp3) is 0. The molecule has 0 fully saturated rings. The Morgan fingerprint density at radius 2 is 2.00 bits per heavy atom. The molecule has 8 heteroatoms. The number of hydrogen-bond acceptors (Lipinski definition) is 6. The smallest absolute Gasteiger partial charge is 0.240 e. The Hall–Kier alpha value is -1.60. The number of hydrogen-bond donors (Lipinski definition) is 3. The summed E-state index contributed by atoms with van der Waals surface area (Å²) in [6.07, 6.45) is 0. The summed E-state index contributed by atoms with van der Waals surface area (Å²) in [5.41, 5.74) is 3.12. The molecule has 4 N–H and O–H groups in total. The van der Waals surface area contributed by atoms with E-state index < -0.39 is 0 Å². The van der Waals surface area contributed by atoms with Crippen LogP contribution in [0.15, 0.2) is 29.6 Å². The second kappa shape index (κ2) is 5.41. The van der Waals surface area contributed by atoms with Crippen LogP contribution in [0.2, 0.25) is 10.0 Å². The molecule has 0 unspecified atom stereocenters. The van der Waals surface area contributed by atoms with Gasteiger partial charge >= 0.3 is 0 Å². The molecule has 0 aliphatic rings. The van der Waals surface area contributed by atoms with Gasteiger partial charge in [-0.05, 0) is 29.6 Å². The SMILES string of the molecule is NNc1nc(Nc2cc(Cl)ccc2Cl)c2ccsc2n1. The second-order valence-electron chi connectivity index (χ2n) is 3.93. The third kappa shape index (κ3) is 2.51. The van der Waals surface area contributed by atoms with Crippen LogP contribution in [0.3, 0.4) is 0 Å². The van der Waals surface area contributed by atoms with Crippen LogP contribution in [-0.2, 0) is 0 Å². The molecule has 0 saturated carbocycles. The standard InChI is InChI=1S/C12H9Cl2N5S/c13-6-1-2-8(14)9(5-6)16-10-7-3-4-20-11(7)18-12(17-10)19-15/h1-5H,15H2,(H2,16,17,18,19). The quantitative estimate of drug-likeness (QED) is 0.500. The van der Waals surface area contributed by atoms with E-state index in [9.17, 15) is 0 Å². The van der Waals surface area contributed by atoms with Gasteiger partial charge in [-0.1, -0.05) is 23.2 Å². The summed E-state index contributed by atoms with van der Waals surface area (Å²) in [6.45, 7) is 0. The maximum Gasteiger partial charge on any atom is 0.240 e. The van der Waals surface area contributed by atoms with Gasteiger partial charge in [0.25, 0.3) is 0 Å². The van der Waals surface area contributed by atoms with Crippen LogP contribution >= 0.6 is 34.5 Å². The number of fused-ring (bicyclic) bond motifs is 1. The number of nitrogens with one attached hydrogen (secondary N) is 2. The monoisotopic (exact) mass is 325 g/mol. The molecule has 0 saturated heterocycles. The van der Waals surface area contributed by atoms with Gasteiger partial charge in [0.2, 0.25) is 5.95 Å². The van der Waals surface area contributed by atoms with E-state index in [1.165, 1.54) is 11.3 Å². The number of benzene rings is 1. The van der Waals surface area contributed by atoms with Gasteiger partial charge in [-0.3, -0.25) is 5.43 Å². The van der Waals surface area contributed by atoms with Crippen LogP contribution in [-0.4, -0.2) is 9.97 Å². The number of halogens is 2. The van der Waals surface area contributed by atoms with Crippen molar-refractivity contribution in [3.63, 3.8) is 0 Å². The number of hydrazine groups is 1. The number of aromatic nitrogens is 2. The third-order valence-electron chi connectivity index (χ3n) is 2.64. The molecule has 0 amide bonds. The van der Waals surface area contributed by atoms with Gasteiger partial charge in [0.1, 0.15) is 10.6 Å². The molecular formula is C12H9Cl2N5S. The van der Waals surface area contributed by atoms with Crippen LogP contribution in [0.5, 0.6) is 0 Å². The van der Waals surface area contributed by atoms with E-state index in [4.69, 9.17) is 29.0 Å². The lowest BCUT2D eigenvalue weighted by Crippen LogP contribution is -2.11. The fourth-order valence-electron chi connectivity index (χ4n) is 1.74. The Morgan fingerprint density at radius 1 is 1.15 bits per heavy atom. The minimum Gasteiger partial charge on any atom is -0.338 e. The van der Waals surface area contributed by atoms with Gasteiger partial charge in [0.05, 0.1) is 16.1 Å². The molecule has 2 aromatic heterocycles. The Bertz CT molecular complexity index is 774. The van der Waals surface area contributed by atoms with Gasteiger partial charge in [-0.2, -0.15) is 4.98 Å². The summed E-state index contributed by atoms with van der Waals surface area (Å²) in [5, 5.41) is 7.13. The zero-order valence-electron chi connectivity index (χ0n) is 10.0. The molecule has 0 aliphatic carbocycles. The van der Waals surface area contributed by atoms with Crippen molar-refractivity contribution in [2.75, 3.05) is 10.7 Å². The van der Waals surface area contributed by atoms with E-state index in [0.717, 1.165) is 10.2 Å². The molecule has 5 nitrogen and oxygen atoms in total. The molecule has 0 atom stereocenters. The van der Waals surface area contributed by atoms with Crippen molar-refractivity contribution in [2.45, 2.75) is 0 Å². The summed E-state index contributed by atoms with van der Waals surface area (Å²) < 4.78 is 0. The third-order valence-corrected chi connectivity index (χ3v) is 4.01. The summed E-state index contributed by atoms with van der Waals surface area (Å²) in [7, 11) is 0. The van der Waals surface area contributed by atoms with Gasteiger partial charge < -0.3 is 5.32 Å². The van der Waals surface area contributed by atoms with Crippen molar-refractivity contribution in [1.82, 2.24) is 9.97 Å². The number of anilines is 3. The van der Waals surface area contributed by atoms with Crippen LogP contribution < -0.4 is 16.6 Å². The molecule has 3 rings (SSSR count). The van der Waals surface area contributed by atoms with Crippen LogP contribution in [0.4, 0.5) is 17.5 Å². The average molecular weight is 326 g/mol. The highest BCUT2D eigenvalue weighted by Crippen LogP contribution is 2.32. The number of nitrogen functional groups attached to an aromatic ring is 1. The molecule has 1 aromatic carbocycles. The number of rotatable bonds is 3. The van der Waals surface area contributed by atoms with Crippen molar-refractivity contribution in [2.24, 2.45) is 5.84 Å². The Kier molecular flexibility index (Phi) is 3.62. The fourth-order valence-corrected chi connectivity index (χ4v) is 2.84. The lowest BCUT2D eigenvalue weighted by Gasteiger charge is -2.10. The highest BCUT2D eigenvalue weighted by molar-refractivity contribution is 7.16. The first-order chi connectivity index (χ1) is 9.67. The van der Waals surface area contributed by atoms with E-state index in [1.54, 1.807) is 18.2 Å². The van der Waals surface area contributed by atoms with Gasteiger partial charge in [0, 0.05) is 5.02 Å². The lowest BCUT2D eigenvalue weighted by molar-refractivity contribution is 1.16. The van der Waals surface area contributed by atoms with Crippen molar-refractivity contribution in [1.29, 1.82) is 0 Å². The summed E-state index contributed by atoms with van der Waals surface area (Å²) >= 11 is 13.6. The van der Waals surface area contributed by atoms with Crippen LogP contribution in [0.1, 0.15) is 0 Å². The molecule has 0 spiro atoms. The molecule has 3 aromatic rings. The number of nitrogens with zero attached hydrogens (tertiary/aromatic N) is 2. The average Bonchev–Trinajstić information content (AvgIpc) is 2.91. The summed E-state index contributed by atoms with van der Waals surface area (Å²) in [4.78, 5) is 9.40. The van der Waals surface area contributed by atoms with E-state index in [1.807, 2.05) is 11.4 Å². The van der Waals surface area contributed by atoms with Gasteiger partial charge in [-0.25, -0.2) is 10.8 Å². The van der Waals surface area contributed by atoms with Crippen molar-refractivity contribution in [3.8, 4) is 0 Å². The minimum atomic E-state index is 0.334. The first-order valence-corrected chi connectivity index (χ1v) is 7.25. The van der Waals surface area contributed by atoms with E-state index >= 15 is 0 Å². The largest absolute Gasteiger partial charge is 0.338 e. The van der Waals surface area contributed by atoms with Gasteiger partial charge in [0.15, 0.2) is 0 Å². The first kappa shape index (κ1) is 13.4. The number of nitrogens with two attached hydrogens (primary N) is 1. The zero-order valence-corrected chi connectivity index (χ0v) is 12.4. The maximum atomic E-state index is 6.14. The van der Waals surface area contributed by atoms with E-state index in [0.29, 0.717) is 27.5 Å². The first-order valence-electron chi connectivity index (χ1n) is 5.61. The molecule has 20 heavy (non-hydrogen) atoms. The summed E-state index contributed by atoms with van der Waals surface area (Å²) in [5.74, 6) is 6.33. The molecule has 2 heterocycles. The molecular weight excluding hydrogens is 317 g/mol. The number of thiophene rings is 1.